The first-order chi connectivity index (χ1) is 13.4. The summed E-state index contributed by atoms with van der Waals surface area (Å²) in [4.78, 5) is 2.49. The van der Waals surface area contributed by atoms with Crippen molar-refractivity contribution < 1.29 is 17.6 Å². The highest BCUT2D eigenvalue weighted by Crippen LogP contribution is 2.23. The number of nitrogens with zero attached hydrogens (tertiary/aromatic N) is 4. The number of hydrogen-bond donors (Lipinski definition) is 2. The molecule has 0 saturated carbocycles. The molecule has 3 aromatic rings. The van der Waals surface area contributed by atoms with Gasteiger partial charge < -0.3 is 11.1 Å². The van der Waals surface area contributed by atoms with Gasteiger partial charge >= 0.3 is 0 Å². The summed E-state index contributed by atoms with van der Waals surface area (Å²) in [6, 6.07) is 10.9. The fourth-order valence-corrected chi connectivity index (χ4v) is 2.65. The molecule has 1 aromatic carbocycles. The minimum absolute atomic E-state index is 0.0281. The summed E-state index contributed by atoms with van der Waals surface area (Å²) in [6.45, 7) is -0.0281. The Hall–Kier alpha value is -3.61. The van der Waals surface area contributed by atoms with Crippen LogP contribution in [0.15, 0.2) is 30.3 Å². The number of nitrogens with two attached hydrogens (primary N) is 1. The van der Waals surface area contributed by atoms with Gasteiger partial charge in [-0.2, -0.15) is 32.9 Å². The molecule has 0 radical (unpaired) electrons. The van der Waals surface area contributed by atoms with E-state index in [0.29, 0.717) is 11.4 Å². The van der Waals surface area contributed by atoms with Gasteiger partial charge in [0.25, 0.3) is 11.9 Å². The average molecular weight is 390 g/mol. The summed E-state index contributed by atoms with van der Waals surface area (Å²) in [5, 5.41) is 16.0. The molecule has 3 rings (SSSR count). The lowest BCUT2D eigenvalue weighted by atomic mass is 10.1. The van der Waals surface area contributed by atoms with Crippen LogP contribution in [0.1, 0.15) is 17.7 Å². The summed E-state index contributed by atoms with van der Waals surface area (Å²) >= 11 is 0. The molecule has 2 heterocycles. The van der Waals surface area contributed by atoms with Crippen molar-refractivity contribution in [2.75, 3.05) is 17.6 Å². The summed E-state index contributed by atoms with van der Waals surface area (Å²) in [6.07, 6.45) is 0.517. The topological polar surface area (TPSA) is 92.5 Å². The Bertz CT molecular complexity index is 1020. The van der Waals surface area contributed by atoms with Crippen LogP contribution in [0.2, 0.25) is 0 Å². The fraction of sp³-hybridized carbons (Fsp3) is 0.167. The van der Waals surface area contributed by atoms with Crippen molar-refractivity contribution in [1.82, 2.24) is 14.8 Å². The molecule has 0 aliphatic rings. The Balaban J connectivity index is 1.72. The van der Waals surface area contributed by atoms with Gasteiger partial charge in [0.1, 0.15) is 23.1 Å². The van der Waals surface area contributed by atoms with Crippen LogP contribution in [-0.4, -0.2) is 21.3 Å². The van der Waals surface area contributed by atoms with E-state index >= 15 is 0 Å². The van der Waals surface area contributed by atoms with Crippen molar-refractivity contribution in [3.05, 3.63) is 65.1 Å². The third kappa shape index (κ3) is 3.59. The summed E-state index contributed by atoms with van der Waals surface area (Å²) in [5.41, 5.74) is 6.33. The van der Waals surface area contributed by atoms with E-state index in [1.54, 1.807) is 24.3 Å². The maximum Gasteiger partial charge on any atom is 0.253 e. The standard InChI is InChI=1S/C18H14F4N6/c19-13-15(14(20)17(22)26-16(13)21)25-8-4-7-12-11(9-23)18(24)28(27-12)10-5-2-1-3-6-10/h1-3,5-6H,4,7-8,24H2,(H,25,26). The van der Waals surface area contributed by atoms with Gasteiger partial charge in [-0.15, -0.1) is 0 Å². The van der Waals surface area contributed by atoms with Gasteiger partial charge in [0, 0.05) is 6.54 Å². The van der Waals surface area contributed by atoms with E-state index in [-0.39, 0.29) is 30.8 Å². The highest BCUT2D eigenvalue weighted by Gasteiger charge is 2.21. The van der Waals surface area contributed by atoms with Gasteiger partial charge in [0.15, 0.2) is 0 Å². The molecule has 0 aliphatic heterocycles. The van der Waals surface area contributed by atoms with E-state index in [4.69, 9.17) is 5.73 Å². The normalized spacial score (nSPS) is 10.7. The van der Waals surface area contributed by atoms with Crippen LogP contribution in [0, 0.1) is 34.9 Å². The Kier molecular flexibility index (Phi) is 5.44. The molecule has 3 N–H and O–H groups in total. The lowest BCUT2D eigenvalue weighted by molar-refractivity contribution is 0.410. The zero-order chi connectivity index (χ0) is 20.3. The molecule has 0 aliphatic carbocycles. The Morgan fingerprint density at radius 2 is 1.71 bits per heavy atom. The lowest BCUT2D eigenvalue weighted by Crippen LogP contribution is -2.11. The number of rotatable bonds is 6. The zero-order valence-corrected chi connectivity index (χ0v) is 14.4. The number of anilines is 2. The van der Waals surface area contributed by atoms with E-state index in [0.717, 1.165) is 0 Å². The second-order valence-corrected chi connectivity index (χ2v) is 5.79. The first-order valence-electron chi connectivity index (χ1n) is 8.20. The Morgan fingerprint density at radius 1 is 1.07 bits per heavy atom. The van der Waals surface area contributed by atoms with Crippen LogP contribution >= 0.6 is 0 Å². The number of benzene rings is 1. The molecule has 6 nitrogen and oxygen atoms in total. The molecular formula is C18H14F4N6. The number of pyridine rings is 1. The molecule has 0 unspecified atom stereocenters. The minimum atomic E-state index is -1.73. The molecule has 28 heavy (non-hydrogen) atoms. The predicted octanol–water partition coefficient (Wildman–Crippen LogP) is 3.32. The second-order valence-electron chi connectivity index (χ2n) is 5.79. The molecular weight excluding hydrogens is 376 g/mol. The Morgan fingerprint density at radius 3 is 2.32 bits per heavy atom. The number of nitrogen functional groups attached to an aromatic ring is 1. The van der Waals surface area contributed by atoms with Crippen LogP contribution in [0.3, 0.4) is 0 Å². The number of nitrogens with one attached hydrogen (secondary N) is 1. The molecule has 10 heteroatoms. The quantitative estimate of drug-likeness (QED) is 0.383. The minimum Gasteiger partial charge on any atom is -0.382 e. The molecule has 2 aromatic heterocycles. The third-order valence-corrected chi connectivity index (χ3v) is 4.00. The number of halogens is 4. The van der Waals surface area contributed by atoms with Crippen LogP contribution in [0.25, 0.3) is 5.69 Å². The van der Waals surface area contributed by atoms with Crippen molar-refractivity contribution in [1.29, 1.82) is 5.26 Å². The largest absolute Gasteiger partial charge is 0.382 e. The van der Waals surface area contributed by atoms with Crippen LogP contribution in [0.4, 0.5) is 29.1 Å². The monoisotopic (exact) mass is 390 g/mol. The number of hydrogen-bond acceptors (Lipinski definition) is 5. The van der Waals surface area contributed by atoms with Crippen molar-refractivity contribution in [3.8, 4) is 11.8 Å². The van der Waals surface area contributed by atoms with Gasteiger partial charge in [-0.05, 0) is 25.0 Å². The van der Waals surface area contributed by atoms with Crippen molar-refractivity contribution in [2.24, 2.45) is 0 Å². The molecule has 0 spiro atoms. The van der Waals surface area contributed by atoms with E-state index in [1.165, 1.54) is 4.68 Å². The van der Waals surface area contributed by atoms with Crippen molar-refractivity contribution >= 4 is 11.5 Å². The van der Waals surface area contributed by atoms with Gasteiger partial charge in [-0.1, -0.05) is 18.2 Å². The molecule has 144 valence electrons. The number of para-hydroxylation sites is 1. The van der Waals surface area contributed by atoms with E-state index < -0.39 is 29.2 Å². The van der Waals surface area contributed by atoms with Crippen LogP contribution < -0.4 is 11.1 Å². The highest BCUT2D eigenvalue weighted by atomic mass is 19.2. The van der Waals surface area contributed by atoms with Crippen molar-refractivity contribution in [3.63, 3.8) is 0 Å². The van der Waals surface area contributed by atoms with Gasteiger partial charge in [0.05, 0.1) is 11.4 Å². The summed E-state index contributed by atoms with van der Waals surface area (Å²) < 4.78 is 54.8. The third-order valence-electron chi connectivity index (χ3n) is 4.00. The second kappa shape index (κ2) is 7.96. The summed E-state index contributed by atoms with van der Waals surface area (Å²) in [7, 11) is 0. The maximum absolute atomic E-state index is 13.6. The molecule has 0 saturated heterocycles. The molecule has 0 fully saturated rings. The van der Waals surface area contributed by atoms with E-state index in [2.05, 4.69) is 15.4 Å². The first-order valence-corrected chi connectivity index (χ1v) is 8.20. The fourth-order valence-electron chi connectivity index (χ4n) is 2.65. The lowest BCUT2D eigenvalue weighted by Gasteiger charge is -2.08. The van der Waals surface area contributed by atoms with Gasteiger partial charge in [0.2, 0.25) is 11.6 Å². The number of aryl methyl sites for hydroxylation is 1. The van der Waals surface area contributed by atoms with Crippen molar-refractivity contribution in [2.45, 2.75) is 12.8 Å². The summed E-state index contributed by atoms with van der Waals surface area (Å²) in [5.74, 6) is -6.50. The van der Waals surface area contributed by atoms with Crippen LogP contribution in [-0.2, 0) is 6.42 Å². The number of aromatic nitrogens is 3. The van der Waals surface area contributed by atoms with Crippen LogP contribution in [0.5, 0.6) is 0 Å². The zero-order valence-electron chi connectivity index (χ0n) is 14.4. The highest BCUT2D eigenvalue weighted by molar-refractivity contribution is 5.56. The maximum atomic E-state index is 13.6. The Labute approximate surface area is 157 Å². The SMILES string of the molecule is N#Cc1c(CCCNc2c(F)c(F)nc(F)c2F)nn(-c2ccccc2)c1N. The molecule has 0 amide bonds. The van der Waals surface area contributed by atoms with Gasteiger partial charge in [-0.25, -0.2) is 4.68 Å². The average Bonchev–Trinajstić information content (AvgIpc) is 3.02. The van der Waals surface area contributed by atoms with E-state index in [1.807, 2.05) is 12.1 Å². The molecule has 0 bridgehead atoms. The molecule has 0 atom stereocenters. The first kappa shape index (κ1) is 19.2. The van der Waals surface area contributed by atoms with Gasteiger partial charge in [-0.3, -0.25) is 0 Å². The predicted molar refractivity (Wildman–Crippen MR) is 93.6 cm³/mol. The number of nitriles is 1. The van der Waals surface area contributed by atoms with E-state index in [9.17, 15) is 22.8 Å². The smallest absolute Gasteiger partial charge is 0.253 e.